The van der Waals surface area contributed by atoms with Crippen molar-refractivity contribution in [2.24, 2.45) is 11.8 Å². The maximum Gasteiger partial charge on any atom is 0.237 e. The topological polar surface area (TPSA) is 52.9 Å². The number of nitrogens with one attached hydrogen (secondary N) is 1. The Bertz CT molecular complexity index is 235. The number of nitriles is 1. The number of hydrogen-bond acceptors (Lipinski definition) is 3. The summed E-state index contributed by atoms with van der Waals surface area (Å²) in [7, 11) is 0. The normalized spacial score (nSPS) is 14.4. The third-order valence-corrected chi connectivity index (χ3v) is 3.19. The molecule has 86 valence electrons. The smallest absolute Gasteiger partial charge is 0.237 e. The van der Waals surface area contributed by atoms with Crippen LogP contribution >= 0.6 is 11.8 Å². The highest BCUT2D eigenvalue weighted by atomic mass is 32.2. The molecule has 2 atom stereocenters. The first-order valence-electron chi connectivity index (χ1n) is 5.30. The molecule has 0 radical (unpaired) electrons. The molecule has 15 heavy (non-hydrogen) atoms. The molecule has 0 saturated heterocycles. The average Bonchev–Trinajstić information content (AvgIpc) is 2.15. The van der Waals surface area contributed by atoms with Crippen LogP contribution in [0.15, 0.2) is 0 Å². The van der Waals surface area contributed by atoms with E-state index in [1.807, 2.05) is 26.8 Å². The van der Waals surface area contributed by atoms with Crippen LogP contribution in [-0.4, -0.2) is 23.5 Å². The van der Waals surface area contributed by atoms with Crippen molar-refractivity contribution in [2.75, 3.05) is 11.5 Å². The Balaban J connectivity index is 4.06. The van der Waals surface area contributed by atoms with E-state index < -0.39 is 5.92 Å². The van der Waals surface area contributed by atoms with Crippen LogP contribution in [-0.2, 0) is 4.79 Å². The number of nitrogens with zero attached hydrogens (tertiary/aromatic N) is 1. The van der Waals surface area contributed by atoms with Crippen molar-refractivity contribution in [3.8, 4) is 6.07 Å². The van der Waals surface area contributed by atoms with Crippen molar-refractivity contribution < 1.29 is 4.79 Å². The van der Waals surface area contributed by atoms with E-state index in [9.17, 15) is 4.79 Å². The molecule has 0 bridgehead atoms. The van der Waals surface area contributed by atoms with Crippen LogP contribution in [0.3, 0.4) is 0 Å². The Morgan fingerprint density at radius 1 is 1.47 bits per heavy atom. The molecule has 3 nitrogen and oxygen atoms in total. The summed E-state index contributed by atoms with van der Waals surface area (Å²) >= 11 is 1.79. The predicted octanol–water partition coefficient (Wildman–Crippen LogP) is 2.04. The fourth-order valence-corrected chi connectivity index (χ4v) is 1.85. The molecular weight excluding hydrogens is 208 g/mol. The Morgan fingerprint density at radius 2 is 2.07 bits per heavy atom. The lowest BCUT2D eigenvalue weighted by Crippen LogP contribution is -2.39. The summed E-state index contributed by atoms with van der Waals surface area (Å²) in [6.07, 6.45) is 0. The van der Waals surface area contributed by atoms with Crippen LogP contribution in [0.5, 0.6) is 0 Å². The number of rotatable bonds is 6. The minimum absolute atomic E-state index is 0.0704. The van der Waals surface area contributed by atoms with Crippen LogP contribution in [0, 0.1) is 23.2 Å². The molecule has 0 aromatic rings. The Hall–Kier alpha value is -0.690. The monoisotopic (exact) mass is 228 g/mol. The lowest BCUT2D eigenvalue weighted by molar-refractivity contribution is -0.124. The van der Waals surface area contributed by atoms with Crippen LogP contribution in [0.25, 0.3) is 0 Å². The number of hydrogen-bond donors (Lipinski definition) is 1. The van der Waals surface area contributed by atoms with Gasteiger partial charge >= 0.3 is 0 Å². The standard InChI is InChI=1S/C11H20N2OS/c1-5-15-7-9(4)13-11(14)10(6-12)8(2)3/h8-10H,5,7H2,1-4H3,(H,13,14). The molecule has 1 amide bonds. The van der Waals surface area contributed by atoms with Crippen molar-refractivity contribution in [2.45, 2.75) is 33.7 Å². The molecule has 0 aromatic heterocycles. The van der Waals surface area contributed by atoms with Gasteiger partial charge in [-0.15, -0.1) is 0 Å². The van der Waals surface area contributed by atoms with Gasteiger partial charge < -0.3 is 5.32 Å². The summed E-state index contributed by atoms with van der Waals surface area (Å²) in [5.41, 5.74) is 0. The Morgan fingerprint density at radius 3 is 2.47 bits per heavy atom. The SMILES string of the molecule is CCSCC(C)NC(=O)C(C#N)C(C)C. The molecule has 0 aliphatic heterocycles. The third kappa shape index (κ3) is 5.68. The number of carbonyl (C=O) groups excluding carboxylic acids is 1. The van der Waals surface area contributed by atoms with Gasteiger partial charge in [-0.1, -0.05) is 20.8 Å². The summed E-state index contributed by atoms with van der Waals surface area (Å²) in [4.78, 5) is 11.6. The minimum Gasteiger partial charge on any atom is -0.352 e. The molecule has 0 rings (SSSR count). The fraction of sp³-hybridized carbons (Fsp3) is 0.818. The van der Waals surface area contributed by atoms with E-state index in [0.29, 0.717) is 0 Å². The lowest BCUT2D eigenvalue weighted by atomic mass is 9.96. The fourth-order valence-electron chi connectivity index (χ4n) is 1.18. The van der Waals surface area contributed by atoms with Gasteiger partial charge in [0.25, 0.3) is 0 Å². The molecule has 4 heteroatoms. The van der Waals surface area contributed by atoms with Crippen molar-refractivity contribution in [1.82, 2.24) is 5.32 Å². The summed E-state index contributed by atoms with van der Waals surface area (Å²) in [5.74, 6) is 1.35. The zero-order chi connectivity index (χ0) is 11.8. The van der Waals surface area contributed by atoms with Crippen LogP contribution in [0.2, 0.25) is 0 Å². The minimum atomic E-state index is -0.529. The van der Waals surface area contributed by atoms with E-state index in [2.05, 4.69) is 12.2 Å². The molecule has 0 aliphatic rings. The molecule has 2 unspecified atom stereocenters. The highest BCUT2D eigenvalue weighted by molar-refractivity contribution is 7.99. The molecule has 0 fully saturated rings. The quantitative estimate of drug-likeness (QED) is 0.757. The zero-order valence-corrected chi connectivity index (χ0v) is 10.7. The van der Waals surface area contributed by atoms with Gasteiger partial charge in [-0.25, -0.2) is 0 Å². The molecule has 0 spiro atoms. The van der Waals surface area contributed by atoms with Crippen LogP contribution < -0.4 is 5.32 Å². The van der Waals surface area contributed by atoms with Gasteiger partial charge in [0.1, 0.15) is 5.92 Å². The van der Waals surface area contributed by atoms with Gasteiger partial charge in [-0.05, 0) is 18.6 Å². The molecule has 1 N–H and O–H groups in total. The summed E-state index contributed by atoms with van der Waals surface area (Å²) in [6.45, 7) is 7.83. The van der Waals surface area contributed by atoms with E-state index in [-0.39, 0.29) is 17.9 Å². The predicted molar refractivity (Wildman–Crippen MR) is 64.5 cm³/mol. The van der Waals surface area contributed by atoms with Crippen molar-refractivity contribution in [3.05, 3.63) is 0 Å². The zero-order valence-electron chi connectivity index (χ0n) is 9.91. The average molecular weight is 228 g/mol. The largest absolute Gasteiger partial charge is 0.352 e. The van der Waals surface area contributed by atoms with Gasteiger partial charge in [-0.3, -0.25) is 4.79 Å². The van der Waals surface area contributed by atoms with Crippen molar-refractivity contribution >= 4 is 17.7 Å². The Kier molecular flexibility index (Phi) is 7.23. The Labute approximate surface area is 96.6 Å². The van der Waals surface area contributed by atoms with E-state index in [0.717, 1.165) is 11.5 Å². The lowest BCUT2D eigenvalue weighted by Gasteiger charge is -2.17. The summed E-state index contributed by atoms with van der Waals surface area (Å²) in [6, 6.07) is 2.18. The van der Waals surface area contributed by atoms with Gasteiger partial charge in [0.15, 0.2) is 0 Å². The van der Waals surface area contributed by atoms with E-state index in [1.165, 1.54) is 0 Å². The first-order chi connectivity index (χ1) is 7.02. The first kappa shape index (κ1) is 14.3. The number of amides is 1. The van der Waals surface area contributed by atoms with Crippen LogP contribution in [0.1, 0.15) is 27.7 Å². The van der Waals surface area contributed by atoms with E-state index >= 15 is 0 Å². The van der Waals surface area contributed by atoms with Gasteiger partial charge in [0.05, 0.1) is 6.07 Å². The van der Waals surface area contributed by atoms with Gasteiger partial charge in [0.2, 0.25) is 5.91 Å². The molecule has 0 saturated carbocycles. The van der Waals surface area contributed by atoms with Gasteiger partial charge in [0, 0.05) is 11.8 Å². The molecule has 0 aliphatic carbocycles. The third-order valence-electron chi connectivity index (χ3n) is 2.05. The second kappa shape index (κ2) is 7.58. The second-order valence-electron chi connectivity index (χ2n) is 3.92. The highest BCUT2D eigenvalue weighted by Gasteiger charge is 2.22. The second-order valence-corrected chi connectivity index (χ2v) is 5.24. The molecule has 0 aromatic carbocycles. The van der Waals surface area contributed by atoms with Crippen molar-refractivity contribution in [3.63, 3.8) is 0 Å². The van der Waals surface area contributed by atoms with E-state index in [4.69, 9.17) is 5.26 Å². The van der Waals surface area contributed by atoms with Gasteiger partial charge in [-0.2, -0.15) is 17.0 Å². The maximum atomic E-state index is 11.6. The highest BCUT2D eigenvalue weighted by Crippen LogP contribution is 2.10. The molecule has 0 heterocycles. The molecular formula is C11H20N2OS. The number of thioether (sulfide) groups is 1. The number of carbonyl (C=O) groups is 1. The van der Waals surface area contributed by atoms with Crippen molar-refractivity contribution in [1.29, 1.82) is 5.26 Å². The summed E-state index contributed by atoms with van der Waals surface area (Å²) in [5, 5.41) is 11.7. The van der Waals surface area contributed by atoms with E-state index in [1.54, 1.807) is 11.8 Å². The maximum absolute atomic E-state index is 11.6. The van der Waals surface area contributed by atoms with Crippen LogP contribution in [0.4, 0.5) is 0 Å². The summed E-state index contributed by atoms with van der Waals surface area (Å²) < 4.78 is 0. The first-order valence-corrected chi connectivity index (χ1v) is 6.46.